The van der Waals surface area contributed by atoms with E-state index >= 15 is 0 Å². The summed E-state index contributed by atoms with van der Waals surface area (Å²) in [4.78, 5) is 12.1. The maximum absolute atomic E-state index is 12.1. The van der Waals surface area contributed by atoms with Gasteiger partial charge in [-0.05, 0) is 37.1 Å². The molecule has 0 aromatic heterocycles. The molecule has 0 unspecified atom stereocenters. The highest BCUT2D eigenvalue weighted by Gasteiger charge is 2.09. The second kappa shape index (κ2) is 7.48. The van der Waals surface area contributed by atoms with E-state index in [1.807, 2.05) is 56.3 Å². The average molecular weight is 283 g/mol. The molecular formula is C18H21NO2. The largest absolute Gasteiger partial charge is 0.489 e. The number of amides is 1. The zero-order chi connectivity index (χ0) is 15.1. The Hall–Kier alpha value is -2.29. The molecule has 1 amide bonds. The number of hydrogen-bond donors (Lipinski definition) is 1. The zero-order valence-corrected chi connectivity index (χ0v) is 12.5. The summed E-state index contributed by atoms with van der Waals surface area (Å²) in [5.41, 5.74) is 1.73. The van der Waals surface area contributed by atoms with Crippen LogP contribution in [0.5, 0.6) is 5.75 Å². The van der Waals surface area contributed by atoms with Crippen molar-refractivity contribution in [2.24, 2.45) is 0 Å². The fourth-order valence-corrected chi connectivity index (χ4v) is 1.88. The van der Waals surface area contributed by atoms with Crippen LogP contribution in [0.15, 0.2) is 54.6 Å². The Labute approximate surface area is 126 Å². The molecule has 0 aliphatic carbocycles. The minimum Gasteiger partial charge on any atom is -0.489 e. The minimum absolute atomic E-state index is 0.0606. The maximum Gasteiger partial charge on any atom is 0.251 e. The van der Waals surface area contributed by atoms with E-state index in [0.29, 0.717) is 17.9 Å². The molecule has 2 rings (SSSR count). The summed E-state index contributed by atoms with van der Waals surface area (Å²) in [6.45, 7) is 4.54. The molecule has 2 aromatic carbocycles. The molecule has 0 radical (unpaired) electrons. The maximum atomic E-state index is 12.1. The van der Waals surface area contributed by atoms with E-state index < -0.39 is 0 Å². The molecule has 0 fully saturated rings. The lowest BCUT2D eigenvalue weighted by atomic mass is 10.1. The number of rotatable bonds is 6. The van der Waals surface area contributed by atoms with Gasteiger partial charge in [-0.15, -0.1) is 0 Å². The van der Waals surface area contributed by atoms with Crippen LogP contribution in [0.25, 0.3) is 0 Å². The van der Waals surface area contributed by atoms with Crippen molar-refractivity contribution in [3.8, 4) is 5.75 Å². The molecule has 3 heteroatoms. The van der Waals surface area contributed by atoms with E-state index in [2.05, 4.69) is 5.32 Å². The quantitative estimate of drug-likeness (QED) is 0.876. The number of carbonyl (C=O) groups excluding carboxylic acids is 1. The molecule has 0 spiro atoms. The predicted octanol–water partition coefficient (Wildman–Crippen LogP) is 3.79. The number of nitrogens with one attached hydrogen (secondary N) is 1. The molecule has 0 heterocycles. The Morgan fingerprint density at radius 2 is 1.90 bits per heavy atom. The number of ether oxygens (including phenoxy) is 1. The van der Waals surface area contributed by atoms with Gasteiger partial charge in [-0.2, -0.15) is 0 Å². The molecule has 3 nitrogen and oxygen atoms in total. The highest BCUT2D eigenvalue weighted by molar-refractivity contribution is 5.94. The van der Waals surface area contributed by atoms with Gasteiger partial charge in [0.15, 0.2) is 0 Å². The first-order chi connectivity index (χ1) is 10.2. The van der Waals surface area contributed by atoms with Crippen molar-refractivity contribution in [3.05, 3.63) is 65.7 Å². The highest BCUT2D eigenvalue weighted by atomic mass is 16.5. The van der Waals surface area contributed by atoms with E-state index in [0.717, 1.165) is 12.0 Å². The average Bonchev–Trinajstić information content (AvgIpc) is 2.54. The second-order valence-electron chi connectivity index (χ2n) is 5.08. The Bertz CT molecular complexity index is 581. The summed E-state index contributed by atoms with van der Waals surface area (Å²) in [6.07, 6.45) is 0.913. The highest BCUT2D eigenvalue weighted by Crippen LogP contribution is 2.15. The fourth-order valence-electron chi connectivity index (χ4n) is 1.88. The Balaban J connectivity index is 1.99. The second-order valence-corrected chi connectivity index (χ2v) is 5.08. The van der Waals surface area contributed by atoms with Gasteiger partial charge in [-0.3, -0.25) is 4.79 Å². The first kappa shape index (κ1) is 15.1. The van der Waals surface area contributed by atoms with Crippen LogP contribution in [0.1, 0.15) is 36.2 Å². The summed E-state index contributed by atoms with van der Waals surface area (Å²) in [5, 5.41) is 2.95. The third-order valence-corrected chi connectivity index (χ3v) is 3.33. The number of hydrogen-bond acceptors (Lipinski definition) is 2. The van der Waals surface area contributed by atoms with Gasteiger partial charge in [0.1, 0.15) is 12.4 Å². The van der Waals surface area contributed by atoms with Crippen LogP contribution >= 0.6 is 0 Å². The summed E-state index contributed by atoms with van der Waals surface area (Å²) >= 11 is 0. The lowest BCUT2D eigenvalue weighted by Crippen LogP contribution is -2.31. The molecule has 0 aliphatic heterocycles. The van der Waals surface area contributed by atoms with Crippen molar-refractivity contribution >= 4 is 5.91 Å². The number of benzene rings is 2. The lowest BCUT2D eigenvalue weighted by Gasteiger charge is -2.12. The zero-order valence-electron chi connectivity index (χ0n) is 12.5. The summed E-state index contributed by atoms with van der Waals surface area (Å²) in [5.74, 6) is 0.644. The van der Waals surface area contributed by atoms with Gasteiger partial charge >= 0.3 is 0 Å². The van der Waals surface area contributed by atoms with E-state index in [4.69, 9.17) is 4.74 Å². The van der Waals surface area contributed by atoms with Gasteiger partial charge < -0.3 is 10.1 Å². The van der Waals surface area contributed by atoms with Gasteiger partial charge in [-0.1, -0.05) is 43.3 Å². The summed E-state index contributed by atoms with van der Waals surface area (Å²) in [7, 11) is 0. The SMILES string of the molecule is CC[C@H](C)NC(=O)c1cccc(OCc2ccccc2)c1. The summed E-state index contributed by atoms with van der Waals surface area (Å²) in [6, 6.07) is 17.4. The smallest absolute Gasteiger partial charge is 0.251 e. The first-order valence-electron chi connectivity index (χ1n) is 7.26. The van der Waals surface area contributed by atoms with Crippen molar-refractivity contribution in [1.82, 2.24) is 5.32 Å². The Kier molecular flexibility index (Phi) is 5.38. The molecule has 1 N–H and O–H groups in total. The van der Waals surface area contributed by atoms with Crippen LogP contribution < -0.4 is 10.1 Å². The molecule has 0 saturated heterocycles. The molecule has 21 heavy (non-hydrogen) atoms. The van der Waals surface area contributed by atoms with Crippen molar-refractivity contribution in [2.75, 3.05) is 0 Å². The van der Waals surface area contributed by atoms with Crippen molar-refractivity contribution in [3.63, 3.8) is 0 Å². The fraction of sp³-hybridized carbons (Fsp3) is 0.278. The molecule has 0 bridgehead atoms. The predicted molar refractivity (Wildman–Crippen MR) is 84.4 cm³/mol. The topological polar surface area (TPSA) is 38.3 Å². The molecule has 2 aromatic rings. The van der Waals surface area contributed by atoms with Crippen LogP contribution in [0.4, 0.5) is 0 Å². The molecule has 0 aliphatic rings. The lowest BCUT2D eigenvalue weighted by molar-refractivity contribution is 0.0939. The van der Waals surface area contributed by atoms with E-state index in [-0.39, 0.29) is 11.9 Å². The third kappa shape index (κ3) is 4.63. The Morgan fingerprint density at radius 3 is 2.62 bits per heavy atom. The van der Waals surface area contributed by atoms with Crippen LogP contribution in [-0.2, 0) is 6.61 Å². The van der Waals surface area contributed by atoms with Crippen LogP contribution in [-0.4, -0.2) is 11.9 Å². The minimum atomic E-state index is -0.0606. The molecule has 1 atom stereocenters. The van der Waals surface area contributed by atoms with Crippen molar-refractivity contribution in [2.45, 2.75) is 32.9 Å². The van der Waals surface area contributed by atoms with Crippen LogP contribution in [0.2, 0.25) is 0 Å². The molecular weight excluding hydrogens is 262 g/mol. The van der Waals surface area contributed by atoms with E-state index in [1.165, 1.54) is 0 Å². The van der Waals surface area contributed by atoms with Crippen LogP contribution in [0, 0.1) is 0 Å². The monoisotopic (exact) mass is 283 g/mol. The van der Waals surface area contributed by atoms with E-state index in [1.54, 1.807) is 12.1 Å². The van der Waals surface area contributed by atoms with Gasteiger partial charge in [0.2, 0.25) is 0 Å². The third-order valence-electron chi connectivity index (χ3n) is 3.33. The van der Waals surface area contributed by atoms with Crippen molar-refractivity contribution < 1.29 is 9.53 Å². The van der Waals surface area contributed by atoms with Gasteiger partial charge in [0.05, 0.1) is 0 Å². The van der Waals surface area contributed by atoms with Gasteiger partial charge in [-0.25, -0.2) is 0 Å². The van der Waals surface area contributed by atoms with Gasteiger partial charge in [0, 0.05) is 11.6 Å². The van der Waals surface area contributed by atoms with Gasteiger partial charge in [0.25, 0.3) is 5.91 Å². The van der Waals surface area contributed by atoms with Crippen molar-refractivity contribution in [1.29, 1.82) is 0 Å². The first-order valence-corrected chi connectivity index (χ1v) is 7.26. The van der Waals surface area contributed by atoms with Crippen LogP contribution in [0.3, 0.4) is 0 Å². The number of carbonyl (C=O) groups is 1. The Morgan fingerprint density at radius 1 is 1.14 bits per heavy atom. The normalized spacial score (nSPS) is 11.7. The summed E-state index contributed by atoms with van der Waals surface area (Å²) < 4.78 is 5.73. The van der Waals surface area contributed by atoms with E-state index in [9.17, 15) is 4.79 Å². The molecule has 110 valence electrons. The standard InChI is InChI=1S/C18H21NO2/c1-3-14(2)19-18(20)16-10-7-11-17(12-16)21-13-15-8-5-4-6-9-15/h4-12,14H,3,13H2,1-2H3,(H,19,20)/t14-/m0/s1. The molecule has 0 saturated carbocycles.